The van der Waals surface area contributed by atoms with Crippen LogP contribution in [0, 0.1) is 0 Å². The van der Waals surface area contributed by atoms with Gasteiger partial charge in [0.1, 0.15) is 0 Å². The Morgan fingerprint density at radius 2 is 2.16 bits per heavy atom. The van der Waals surface area contributed by atoms with E-state index in [1.165, 1.54) is 0 Å². The van der Waals surface area contributed by atoms with Crippen LogP contribution in [0.15, 0.2) is 6.20 Å². The van der Waals surface area contributed by atoms with Crippen molar-refractivity contribution < 1.29 is 9.59 Å². The lowest BCUT2D eigenvalue weighted by molar-refractivity contribution is -0.126. The van der Waals surface area contributed by atoms with E-state index in [0.717, 1.165) is 31.5 Å². The zero-order valence-electron chi connectivity index (χ0n) is 15.5. The molecule has 1 aliphatic rings. The molecule has 2 heterocycles. The number of rotatable bonds is 3. The van der Waals surface area contributed by atoms with E-state index in [1.807, 2.05) is 18.5 Å². The van der Waals surface area contributed by atoms with Crippen LogP contribution in [-0.2, 0) is 22.6 Å². The summed E-state index contributed by atoms with van der Waals surface area (Å²) in [7, 11) is 1.79. The number of carbonyl (C=O) groups is 2. The number of nitrogens with two attached hydrogens (primary N) is 1. The van der Waals surface area contributed by atoms with Gasteiger partial charge in [-0.15, -0.1) is 5.10 Å². The number of likely N-dealkylation sites (N-methyl/N-ethyl adjacent to an activating group) is 1. The van der Waals surface area contributed by atoms with Crippen molar-refractivity contribution in [3.63, 3.8) is 0 Å². The highest BCUT2D eigenvalue weighted by Crippen LogP contribution is 2.20. The maximum absolute atomic E-state index is 12.8. The van der Waals surface area contributed by atoms with Crippen LogP contribution in [0.3, 0.4) is 0 Å². The molecule has 2 rings (SSSR count). The second-order valence-corrected chi connectivity index (χ2v) is 7.22. The molecule has 0 bridgehead atoms. The minimum Gasteiger partial charge on any atom is -0.324 e. The molecule has 2 atom stereocenters. The molecule has 0 saturated carbocycles. The van der Waals surface area contributed by atoms with Gasteiger partial charge < -0.3 is 11.1 Å². The minimum atomic E-state index is -0.779. The smallest absolute Gasteiger partial charge is 0.166 e. The predicted octanol–water partition coefficient (Wildman–Crippen LogP) is -0.182. The summed E-state index contributed by atoms with van der Waals surface area (Å²) < 4.78 is 1.90. The molecule has 0 unspecified atom stereocenters. The fourth-order valence-corrected chi connectivity index (χ4v) is 3.20. The standard InChI is InChI=1S/C17H30N6O2/c1-16(19-3)8-6-13-11-21-22-23(13)9-5-4-7-17(2,14(24)10-18)20-12-15(16)25/h11,19-20H,4-10,12,18H2,1-3H3/t16-,17-/m0/s1. The van der Waals surface area contributed by atoms with Crippen molar-refractivity contribution in [2.45, 2.75) is 63.6 Å². The summed E-state index contributed by atoms with van der Waals surface area (Å²) >= 11 is 0. The third kappa shape index (κ3) is 4.50. The van der Waals surface area contributed by atoms with Gasteiger partial charge in [-0.3, -0.25) is 14.9 Å². The van der Waals surface area contributed by atoms with Crippen LogP contribution < -0.4 is 16.4 Å². The first-order chi connectivity index (χ1) is 11.8. The molecule has 140 valence electrons. The van der Waals surface area contributed by atoms with Crippen molar-refractivity contribution in [1.82, 2.24) is 25.6 Å². The second kappa shape index (κ2) is 8.16. The topological polar surface area (TPSA) is 115 Å². The van der Waals surface area contributed by atoms with E-state index < -0.39 is 11.1 Å². The summed E-state index contributed by atoms with van der Waals surface area (Å²) in [5.41, 5.74) is 5.16. The molecule has 4 N–H and O–H groups in total. The van der Waals surface area contributed by atoms with Crippen molar-refractivity contribution in [3.05, 3.63) is 11.9 Å². The summed E-state index contributed by atoms with van der Waals surface area (Å²) in [5, 5.41) is 14.5. The third-order valence-electron chi connectivity index (χ3n) is 5.48. The first-order valence-corrected chi connectivity index (χ1v) is 8.92. The van der Waals surface area contributed by atoms with Gasteiger partial charge in [-0.05, 0) is 53.0 Å². The number of aryl methyl sites for hydroxylation is 2. The number of fused-ring (bicyclic) bond motifs is 1. The highest BCUT2D eigenvalue weighted by Gasteiger charge is 2.36. The van der Waals surface area contributed by atoms with Crippen LogP contribution in [0.5, 0.6) is 0 Å². The van der Waals surface area contributed by atoms with Crippen molar-refractivity contribution in [1.29, 1.82) is 0 Å². The third-order valence-corrected chi connectivity index (χ3v) is 5.48. The lowest BCUT2D eigenvalue weighted by atomic mass is 9.87. The number of carbonyl (C=O) groups excluding carboxylic acids is 2. The molecule has 1 aliphatic heterocycles. The summed E-state index contributed by atoms with van der Waals surface area (Å²) in [4.78, 5) is 25.1. The Balaban J connectivity index is 2.26. The zero-order valence-corrected chi connectivity index (χ0v) is 15.5. The first-order valence-electron chi connectivity index (χ1n) is 8.92. The predicted molar refractivity (Wildman–Crippen MR) is 95.1 cm³/mol. The molecule has 0 amide bonds. The van der Waals surface area contributed by atoms with Gasteiger partial charge in [-0.2, -0.15) is 0 Å². The second-order valence-electron chi connectivity index (χ2n) is 7.22. The van der Waals surface area contributed by atoms with Crippen LogP contribution in [0.4, 0.5) is 0 Å². The molecule has 0 aliphatic carbocycles. The number of Topliss-reactive ketones (excluding diaryl/α,β-unsaturated/α-hetero) is 2. The van der Waals surface area contributed by atoms with E-state index in [2.05, 4.69) is 20.9 Å². The first kappa shape index (κ1) is 19.7. The van der Waals surface area contributed by atoms with Crippen molar-refractivity contribution in [2.75, 3.05) is 20.1 Å². The molecule has 0 fully saturated rings. The normalized spacial score (nSPS) is 29.2. The van der Waals surface area contributed by atoms with E-state index >= 15 is 0 Å². The van der Waals surface area contributed by atoms with Crippen molar-refractivity contribution in [2.24, 2.45) is 5.73 Å². The van der Waals surface area contributed by atoms with Gasteiger partial charge in [0.15, 0.2) is 11.6 Å². The van der Waals surface area contributed by atoms with Gasteiger partial charge in [0.05, 0.1) is 36.1 Å². The van der Waals surface area contributed by atoms with Crippen LogP contribution in [0.2, 0.25) is 0 Å². The number of hydrogen-bond acceptors (Lipinski definition) is 7. The van der Waals surface area contributed by atoms with E-state index in [4.69, 9.17) is 5.73 Å². The molecule has 0 saturated heterocycles. The van der Waals surface area contributed by atoms with E-state index in [0.29, 0.717) is 12.8 Å². The van der Waals surface area contributed by atoms with Crippen LogP contribution in [0.25, 0.3) is 0 Å². The van der Waals surface area contributed by atoms with Crippen LogP contribution in [0.1, 0.15) is 45.2 Å². The quantitative estimate of drug-likeness (QED) is 0.692. The molecule has 0 radical (unpaired) electrons. The zero-order chi connectivity index (χ0) is 18.5. The fraction of sp³-hybridized carbons (Fsp3) is 0.765. The summed E-state index contributed by atoms with van der Waals surface area (Å²) in [5.74, 6) is -0.0351. The van der Waals surface area contributed by atoms with Gasteiger partial charge in [-0.1, -0.05) is 5.21 Å². The SMILES string of the molecule is CN[C@@]1(C)CCc2cnnn2CCCC[C@@](C)(C(=O)CN)NCC1=O. The highest BCUT2D eigenvalue weighted by atomic mass is 16.1. The summed E-state index contributed by atoms with van der Waals surface area (Å²) in [6.45, 7) is 4.59. The maximum Gasteiger partial charge on any atom is 0.166 e. The summed E-state index contributed by atoms with van der Waals surface area (Å²) in [6, 6.07) is 0. The Kier molecular flexibility index (Phi) is 6.42. The van der Waals surface area contributed by atoms with E-state index in [-0.39, 0.29) is 24.7 Å². The molecule has 8 heteroatoms. The highest BCUT2D eigenvalue weighted by molar-refractivity contribution is 5.92. The van der Waals surface area contributed by atoms with Gasteiger partial charge in [0, 0.05) is 6.54 Å². The Morgan fingerprint density at radius 3 is 2.84 bits per heavy atom. The fourth-order valence-electron chi connectivity index (χ4n) is 3.20. The minimum absolute atomic E-state index is 0.0318. The molecule has 25 heavy (non-hydrogen) atoms. The average Bonchev–Trinajstić information content (AvgIpc) is 3.07. The Labute approximate surface area is 148 Å². The molecular weight excluding hydrogens is 320 g/mol. The van der Waals surface area contributed by atoms with Gasteiger partial charge in [-0.25, -0.2) is 4.68 Å². The monoisotopic (exact) mass is 350 g/mol. The van der Waals surface area contributed by atoms with Gasteiger partial charge in [0.2, 0.25) is 0 Å². The molecule has 8 nitrogen and oxygen atoms in total. The number of hydrogen-bond donors (Lipinski definition) is 3. The molecule has 0 aromatic carbocycles. The number of ketones is 2. The van der Waals surface area contributed by atoms with Gasteiger partial charge >= 0.3 is 0 Å². The molecular formula is C17H30N6O2. The van der Waals surface area contributed by atoms with Crippen molar-refractivity contribution >= 4 is 11.6 Å². The Morgan fingerprint density at radius 1 is 1.40 bits per heavy atom. The lowest BCUT2D eigenvalue weighted by Gasteiger charge is -2.32. The number of aromatic nitrogens is 3. The largest absolute Gasteiger partial charge is 0.324 e. The van der Waals surface area contributed by atoms with Gasteiger partial charge in [0.25, 0.3) is 0 Å². The van der Waals surface area contributed by atoms with E-state index in [9.17, 15) is 9.59 Å². The van der Waals surface area contributed by atoms with Crippen LogP contribution in [-0.4, -0.2) is 57.8 Å². The maximum atomic E-state index is 12.8. The van der Waals surface area contributed by atoms with E-state index in [1.54, 1.807) is 13.2 Å². The Bertz CT molecular complexity index is 616. The summed E-state index contributed by atoms with van der Waals surface area (Å²) in [6.07, 6.45) is 5.49. The molecule has 0 spiro atoms. The Hall–Kier alpha value is -1.64. The number of nitrogens with one attached hydrogen (secondary N) is 2. The average molecular weight is 350 g/mol. The molecule has 1 aromatic rings. The number of nitrogens with zero attached hydrogens (tertiary/aromatic N) is 3. The molecule has 1 aromatic heterocycles. The van der Waals surface area contributed by atoms with Crippen LogP contribution >= 0.6 is 0 Å². The lowest BCUT2D eigenvalue weighted by Crippen LogP contribution is -2.58. The van der Waals surface area contributed by atoms with Crippen molar-refractivity contribution in [3.8, 4) is 0 Å².